The Hall–Kier alpha value is -3.54. The van der Waals surface area contributed by atoms with Crippen molar-refractivity contribution in [2.45, 2.75) is 19.4 Å². The number of hydrogen-bond donors (Lipinski definition) is 1. The fourth-order valence-corrected chi connectivity index (χ4v) is 3.42. The standard InChI is InChI=1S/C24H25NO5/c1-4-14-25-21(16-6-10-18(29-3)11-7-16)20(23(27)24(25)28)22(26)17-8-12-19(13-9-17)30-15-5-2/h4,6-13,21,26H,1,5,14-15H2,2-3H3/t21-/m0/s1. The second-order valence-electron chi connectivity index (χ2n) is 6.89. The van der Waals surface area contributed by atoms with Crippen LogP contribution in [0.1, 0.15) is 30.5 Å². The van der Waals surface area contributed by atoms with Crippen LogP contribution < -0.4 is 9.47 Å². The summed E-state index contributed by atoms with van der Waals surface area (Å²) in [5, 5.41) is 11.0. The molecule has 2 aromatic carbocycles. The Labute approximate surface area is 176 Å². The molecule has 1 fully saturated rings. The van der Waals surface area contributed by atoms with Gasteiger partial charge in [0, 0.05) is 12.1 Å². The zero-order valence-electron chi connectivity index (χ0n) is 17.1. The molecule has 0 aliphatic carbocycles. The lowest BCUT2D eigenvalue weighted by molar-refractivity contribution is -0.139. The zero-order valence-corrected chi connectivity index (χ0v) is 17.1. The molecule has 1 atom stereocenters. The molecule has 1 heterocycles. The van der Waals surface area contributed by atoms with E-state index in [1.807, 2.05) is 6.92 Å². The maximum Gasteiger partial charge on any atom is 0.295 e. The molecule has 3 rings (SSSR count). The van der Waals surface area contributed by atoms with Gasteiger partial charge >= 0.3 is 0 Å². The first-order valence-electron chi connectivity index (χ1n) is 9.78. The van der Waals surface area contributed by atoms with Gasteiger partial charge in [-0.15, -0.1) is 6.58 Å². The van der Waals surface area contributed by atoms with Gasteiger partial charge in [-0.3, -0.25) is 9.59 Å². The minimum Gasteiger partial charge on any atom is -0.507 e. The second kappa shape index (κ2) is 9.31. The number of rotatable bonds is 8. The Balaban J connectivity index is 2.06. The number of methoxy groups -OCH3 is 1. The van der Waals surface area contributed by atoms with Gasteiger partial charge in [0.25, 0.3) is 11.7 Å². The van der Waals surface area contributed by atoms with Crippen LogP contribution in [0.5, 0.6) is 11.5 Å². The molecule has 0 aromatic heterocycles. The van der Waals surface area contributed by atoms with Crippen molar-refractivity contribution in [3.05, 3.63) is 77.9 Å². The number of benzene rings is 2. The van der Waals surface area contributed by atoms with Crippen molar-refractivity contribution in [1.29, 1.82) is 0 Å². The maximum atomic E-state index is 12.8. The number of aliphatic hydroxyl groups excluding tert-OH is 1. The Morgan fingerprint density at radius 2 is 1.73 bits per heavy atom. The molecule has 0 unspecified atom stereocenters. The third-order valence-corrected chi connectivity index (χ3v) is 4.90. The number of carbonyl (C=O) groups is 2. The van der Waals surface area contributed by atoms with Crippen molar-refractivity contribution in [3.63, 3.8) is 0 Å². The number of likely N-dealkylation sites (tertiary alicyclic amines) is 1. The Kier molecular flexibility index (Phi) is 6.57. The first-order valence-corrected chi connectivity index (χ1v) is 9.78. The molecule has 30 heavy (non-hydrogen) atoms. The van der Waals surface area contributed by atoms with Gasteiger partial charge in [-0.25, -0.2) is 0 Å². The van der Waals surface area contributed by atoms with Crippen LogP contribution in [-0.2, 0) is 9.59 Å². The summed E-state index contributed by atoms with van der Waals surface area (Å²) < 4.78 is 10.8. The highest BCUT2D eigenvalue weighted by Gasteiger charge is 2.45. The van der Waals surface area contributed by atoms with Gasteiger partial charge in [0.15, 0.2) is 0 Å². The van der Waals surface area contributed by atoms with E-state index >= 15 is 0 Å². The Morgan fingerprint density at radius 1 is 1.10 bits per heavy atom. The first kappa shape index (κ1) is 21.2. The van der Waals surface area contributed by atoms with Gasteiger partial charge in [0.05, 0.1) is 25.3 Å². The van der Waals surface area contributed by atoms with Crippen LogP contribution in [0.15, 0.2) is 66.8 Å². The minimum atomic E-state index is -0.721. The van der Waals surface area contributed by atoms with Gasteiger partial charge < -0.3 is 19.5 Å². The highest BCUT2D eigenvalue weighted by atomic mass is 16.5. The SMILES string of the molecule is C=CCN1C(=O)C(=O)C(=C(O)c2ccc(OCCC)cc2)[C@@H]1c1ccc(OC)cc1. The van der Waals surface area contributed by atoms with E-state index in [1.54, 1.807) is 61.7 Å². The highest BCUT2D eigenvalue weighted by molar-refractivity contribution is 6.46. The predicted octanol–water partition coefficient (Wildman–Crippen LogP) is 4.09. The average Bonchev–Trinajstić information content (AvgIpc) is 3.03. The van der Waals surface area contributed by atoms with Gasteiger partial charge in [-0.1, -0.05) is 25.1 Å². The first-order chi connectivity index (χ1) is 14.5. The molecule has 0 bridgehead atoms. The van der Waals surface area contributed by atoms with Crippen molar-refractivity contribution in [1.82, 2.24) is 4.90 Å². The Bertz CT molecular complexity index is 960. The molecule has 0 spiro atoms. The molecule has 1 N–H and O–H groups in total. The van der Waals surface area contributed by atoms with Gasteiger partial charge in [-0.2, -0.15) is 0 Å². The summed E-state index contributed by atoms with van der Waals surface area (Å²) in [6.45, 7) is 6.47. The molecule has 1 aliphatic rings. The number of ether oxygens (including phenoxy) is 2. The highest BCUT2D eigenvalue weighted by Crippen LogP contribution is 2.39. The molecule has 2 aromatic rings. The topological polar surface area (TPSA) is 76.1 Å². The van der Waals surface area contributed by atoms with E-state index in [9.17, 15) is 14.7 Å². The maximum absolute atomic E-state index is 12.8. The van der Waals surface area contributed by atoms with E-state index in [-0.39, 0.29) is 17.9 Å². The Morgan fingerprint density at radius 3 is 2.30 bits per heavy atom. The average molecular weight is 407 g/mol. The molecular formula is C24H25NO5. The summed E-state index contributed by atoms with van der Waals surface area (Å²) >= 11 is 0. The van der Waals surface area contributed by atoms with E-state index in [2.05, 4.69) is 6.58 Å². The number of carbonyl (C=O) groups excluding carboxylic acids is 2. The van der Waals surface area contributed by atoms with Crippen molar-refractivity contribution in [2.24, 2.45) is 0 Å². The zero-order chi connectivity index (χ0) is 21.7. The van der Waals surface area contributed by atoms with Gasteiger partial charge in [-0.05, 0) is 48.4 Å². The summed E-state index contributed by atoms with van der Waals surface area (Å²) in [4.78, 5) is 26.9. The van der Waals surface area contributed by atoms with Crippen molar-refractivity contribution >= 4 is 17.4 Å². The number of hydrogen-bond acceptors (Lipinski definition) is 5. The molecule has 0 radical (unpaired) electrons. The van der Waals surface area contributed by atoms with Crippen molar-refractivity contribution in [2.75, 3.05) is 20.3 Å². The fourth-order valence-electron chi connectivity index (χ4n) is 3.42. The number of nitrogens with zero attached hydrogens (tertiary/aromatic N) is 1. The van der Waals surface area contributed by atoms with Crippen molar-refractivity contribution < 1.29 is 24.2 Å². The predicted molar refractivity (Wildman–Crippen MR) is 114 cm³/mol. The molecule has 1 amide bonds. The third-order valence-electron chi connectivity index (χ3n) is 4.90. The third kappa shape index (κ3) is 4.08. The molecule has 1 saturated heterocycles. The summed E-state index contributed by atoms with van der Waals surface area (Å²) in [6, 6.07) is 13.1. The summed E-state index contributed by atoms with van der Waals surface area (Å²) in [5.41, 5.74) is 1.18. The van der Waals surface area contributed by atoms with Crippen LogP contribution in [0.2, 0.25) is 0 Å². The lowest BCUT2D eigenvalue weighted by Crippen LogP contribution is -2.29. The van der Waals surface area contributed by atoms with Gasteiger partial charge in [0.2, 0.25) is 0 Å². The summed E-state index contributed by atoms with van der Waals surface area (Å²) in [7, 11) is 1.56. The molecule has 156 valence electrons. The quantitative estimate of drug-likeness (QED) is 0.309. The fraction of sp³-hybridized carbons (Fsp3) is 0.250. The van der Waals surface area contributed by atoms with Crippen LogP contribution in [0.25, 0.3) is 5.76 Å². The van der Waals surface area contributed by atoms with E-state index in [0.717, 1.165) is 6.42 Å². The largest absolute Gasteiger partial charge is 0.507 e. The van der Waals surface area contributed by atoms with Crippen molar-refractivity contribution in [3.8, 4) is 11.5 Å². The van der Waals surface area contributed by atoms with E-state index in [4.69, 9.17) is 9.47 Å². The summed E-state index contributed by atoms with van der Waals surface area (Å²) in [5.74, 6) is -0.279. The molecular weight excluding hydrogens is 382 g/mol. The van der Waals surface area contributed by atoms with Gasteiger partial charge in [0.1, 0.15) is 17.3 Å². The number of aliphatic hydroxyl groups is 1. The molecule has 6 heteroatoms. The number of ketones is 1. The lowest BCUT2D eigenvalue weighted by Gasteiger charge is -2.24. The monoisotopic (exact) mass is 407 g/mol. The normalized spacial score (nSPS) is 17.8. The second-order valence-corrected chi connectivity index (χ2v) is 6.89. The summed E-state index contributed by atoms with van der Waals surface area (Å²) in [6.07, 6.45) is 2.44. The smallest absolute Gasteiger partial charge is 0.295 e. The lowest BCUT2D eigenvalue weighted by atomic mass is 9.95. The van der Waals surface area contributed by atoms with E-state index < -0.39 is 17.7 Å². The molecule has 0 saturated carbocycles. The van der Waals surface area contributed by atoms with E-state index in [0.29, 0.717) is 29.2 Å². The minimum absolute atomic E-state index is 0.0502. The van der Waals surface area contributed by atoms with Crippen LogP contribution in [-0.4, -0.2) is 42.0 Å². The molecule has 6 nitrogen and oxygen atoms in total. The van der Waals surface area contributed by atoms with Crippen LogP contribution in [0.4, 0.5) is 0 Å². The van der Waals surface area contributed by atoms with Crippen LogP contribution in [0, 0.1) is 0 Å². The van der Waals surface area contributed by atoms with E-state index in [1.165, 1.54) is 4.90 Å². The van der Waals surface area contributed by atoms with Crippen LogP contribution in [0.3, 0.4) is 0 Å². The molecule has 1 aliphatic heterocycles. The number of Topliss-reactive ketones (excluding diaryl/α,β-unsaturated/α-hetero) is 1. The van der Waals surface area contributed by atoms with Crippen LogP contribution >= 0.6 is 0 Å². The number of amides is 1.